The van der Waals surface area contributed by atoms with Crippen molar-refractivity contribution in [3.05, 3.63) is 139 Å². The fraction of sp³-hybridized carbons (Fsp3) is 0.261. The molecule has 3 heterocycles. The summed E-state index contributed by atoms with van der Waals surface area (Å²) in [6.07, 6.45) is 10.8. The Morgan fingerprint density at radius 3 is 2.25 bits per heavy atom. The summed E-state index contributed by atoms with van der Waals surface area (Å²) in [4.78, 5) is 9.46. The Morgan fingerprint density at radius 2 is 1.53 bits per heavy atom. The minimum absolute atomic E-state index is 0. The third-order valence-electron chi connectivity index (χ3n) is 10.0. The van der Waals surface area contributed by atoms with Gasteiger partial charge in [0.25, 0.3) is 0 Å². The van der Waals surface area contributed by atoms with Crippen molar-refractivity contribution in [2.45, 2.75) is 77.4 Å². The predicted octanol–water partition coefficient (Wildman–Crippen LogP) is 12.8. The summed E-state index contributed by atoms with van der Waals surface area (Å²) in [6.45, 7) is 11.7. The molecule has 1 aliphatic carbocycles. The molecule has 0 unspecified atom stereocenters. The molecule has 0 saturated heterocycles. The maximum atomic E-state index is 4.80. The molecule has 0 N–H and O–H groups in total. The summed E-state index contributed by atoms with van der Waals surface area (Å²) in [5.74, 6) is 1.21. The van der Waals surface area contributed by atoms with Crippen molar-refractivity contribution >= 4 is 44.8 Å². The van der Waals surface area contributed by atoms with Crippen molar-refractivity contribution < 1.29 is 20.1 Å². The third-order valence-corrected chi connectivity index (χ3v) is 13.2. The topological polar surface area (TPSA) is 25.8 Å². The molecule has 0 amide bonds. The SMILES string of the molecule is CC(C)c1cc(-c2[c-]cccc2)ncc1[Si](C)(C)C.[Ir].[c-]1cc(-c2ccccc2)c2c(sc3ccccc32)c1-c1cc(C2CCCCC2)ccn1. The molecule has 1 saturated carbocycles. The van der Waals surface area contributed by atoms with Gasteiger partial charge in [0.05, 0.1) is 8.07 Å². The maximum Gasteiger partial charge on any atom is 0.0799 e. The Hall–Kier alpha value is -3.73. The predicted molar refractivity (Wildman–Crippen MR) is 218 cm³/mol. The molecule has 1 radical (unpaired) electrons. The fourth-order valence-electron chi connectivity index (χ4n) is 7.36. The van der Waals surface area contributed by atoms with Crippen LogP contribution in [0.15, 0.2) is 116 Å². The molecule has 0 atom stereocenters. The van der Waals surface area contributed by atoms with Crippen molar-refractivity contribution in [3.63, 3.8) is 0 Å². The fourth-order valence-corrected chi connectivity index (χ4v) is 10.3. The zero-order chi connectivity index (χ0) is 34.7. The average molecular weight is 879 g/mol. The van der Waals surface area contributed by atoms with Crippen molar-refractivity contribution in [2.75, 3.05) is 0 Å². The van der Waals surface area contributed by atoms with Crippen molar-refractivity contribution in [1.29, 1.82) is 0 Å². The second-order valence-electron chi connectivity index (χ2n) is 14.9. The van der Waals surface area contributed by atoms with Gasteiger partial charge in [0.2, 0.25) is 0 Å². The Morgan fingerprint density at radius 1 is 0.784 bits per heavy atom. The molecule has 0 bridgehead atoms. The van der Waals surface area contributed by atoms with Crippen LogP contribution in [-0.2, 0) is 20.1 Å². The van der Waals surface area contributed by atoms with Crippen molar-refractivity contribution in [1.82, 2.24) is 9.97 Å². The van der Waals surface area contributed by atoms with Crippen LogP contribution in [0.1, 0.15) is 68.9 Å². The van der Waals surface area contributed by atoms with E-state index in [2.05, 4.69) is 142 Å². The molecule has 1 aliphatic rings. The number of hydrogen-bond acceptors (Lipinski definition) is 3. The smallest absolute Gasteiger partial charge is 0.0799 e. The maximum absolute atomic E-state index is 4.80. The number of aromatic nitrogens is 2. The summed E-state index contributed by atoms with van der Waals surface area (Å²) < 4.78 is 2.61. The second-order valence-corrected chi connectivity index (χ2v) is 21.0. The van der Waals surface area contributed by atoms with Crippen molar-refractivity contribution in [2.24, 2.45) is 0 Å². The zero-order valence-corrected chi connectivity index (χ0v) is 34.5. The standard InChI is InChI=1S/C29H24NS.C17H22NSi.Ir/c1-3-9-20(10-4-1)22-17-18-30-26(19-22)24-16-15-23(21-11-5-2-6-12-21)28-25-13-7-8-14-27(25)31-29(24)28;1-13(2)15-11-16(14-9-7-6-8-10-14)18-12-17(15)19(3,4)5;/h2,5-8,11-15,17-20H,1,3-4,9-10H2;6-9,11-13H,1-5H3;/q2*-1;. The van der Waals surface area contributed by atoms with E-state index in [0.29, 0.717) is 11.8 Å². The third kappa shape index (κ3) is 8.18. The van der Waals surface area contributed by atoms with Gasteiger partial charge in [-0.3, -0.25) is 0 Å². The second kappa shape index (κ2) is 16.3. The molecular formula is C46H46IrN2SSi-2. The first kappa shape index (κ1) is 37.0. The van der Waals surface area contributed by atoms with Crippen LogP contribution in [0.4, 0.5) is 0 Å². The van der Waals surface area contributed by atoms with Gasteiger partial charge in [-0.1, -0.05) is 141 Å². The van der Waals surface area contributed by atoms with E-state index in [1.165, 1.54) is 79.7 Å². The van der Waals surface area contributed by atoms with Gasteiger partial charge < -0.3 is 9.97 Å². The van der Waals surface area contributed by atoms with Gasteiger partial charge in [-0.25, -0.2) is 0 Å². The molecule has 3 aromatic heterocycles. The normalized spacial score (nSPS) is 13.5. The molecule has 7 aromatic rings. The summed E-state index contributed by atoms with van der Waals surface area (Å²) in [5.41, 5.74) is 9.68. The van der Waals surface area contributed by atoms with Gasteiger partial charge in [-0.15, -0.1) is 53.6 Å². The molecule has 2 nitrogen and oxygen atoms in total. The van der Waals surface area contributed by atoms with Gasteiger partial charge in [0, 0.05) is 37.2 Å². The zero-order valence-electron chi connectivity index (χ0n) is 30.3. The van der Waals surface area contributed by atoms with E-state index in [4.69, 9.17) is 4.98 Å². The van der Waals surface area contributed by atoms with Gasteiger partial charge in [0.1, 0.15) is 0 Å². The number of pyridine rings is 2. The Bertz CT molecular complexity index is 2210. The first-order valence-electron chi connectivity index (χ1n) is 18.1. The molecule has 0 spiro atoms. The van der Waals surface area contributed by atoms with E-state index in [9.17, 15) is 0 Å². The number of rotatable bonds is 6. The number of benzene rings is 4. The van der Waals surface area contributed by atoms with E-state index in [1.807, 2.05) is 35.7 Å². The van der Waals surface area contributed by atoms with E-state index < -0.39 is 8.07 Å². The van der Waals surface area contributed by atoms with Gasteiger partial charge >= 0.3 is 0 Å². The van der Waals surface area contributed by atoms with Crippen LogP contribution >= 0.6 is 11.3 Å². The van der Waals surface area contributed by atoms with Crippen LogP contribution in [0.25, 0.3) is 53.8 Å². The van der Waals surface area contributed by atoms with Crippen molar-refractivity contribution in [3.8, 4) is 33.6 Å². The Kier molecular flexibility index (Phi) is 11.8. The minimum Gasteiger partial charge on any atom is -0.305 e. The van der Waals surface area contributed by atoms with Crippen LogP contribution in [0.5, 0.6) is 0 Å². The van der Waals surface area contributed by atoms with E-state index in [0.717, 1.165) is 22.5 Å². The van der Waals surface area contributed by atoms with Crippen LogP contribution in [0, 0.1) is 12.1 Å². The summed E-state index contributed by atoms with van der Waals surface area (Å²) >= 11 is 1.86. The largest absolute Gasteiger partial charge is 0.305 e. The summed E-state index contributed by atoms with van der Waals surface area (Å²) in [5, 5.41) is 4.12. The van der Waals surface area contributed by atoms with E-state index in [1.54, 1.807) is 0 Å². The average Bonchev–Trinajstić information content (AvgIpc) is 3.55. The number of nitrogens with zero attached hydrogens (tertiary/aromatic N) is 2. The van der Waals surface area contributed by atoms with Crippen LogP contribution in [-0.4, -0.2) is 18.0 Å². The Balaban J connectivity index is 0.000000194. The number of fused-ring (bicyclic) bond motifs is 3. The molecule has 1 fully saturated rings. The number of hydrogen-bond donors (Lipinski definition) is 0. The molecule has 4 aromatic carbocycles. The summed E-state index contributed by atoms with van der Waals surface area (Å²) in [7, 11) is -1.34. The van der Waals surface area contributed by atoms with Crippen LogP contribution < -0.4 is 5.19 Å². The van der Waals surface area contributed by atoms with Crippen LogP contribution in [0.2, 0.25) is 19.6 Å². The van der Waals surface area contributed by atoms with E-state index >= 15 is 0 Å². The molecular weight excluding hydrogens is 833 g/mol. The summed E-state index contributed by atoms with van der Waals surface area (Å²) in [6, 6.07) is 43.3. The monoisotopic (exact) mass is 879 g/mol. The first-order chi connectivity index (χ1) is 24.3. The minimum atomic E-state index is -1.34. The number of thiophene rings is 1. The molecule has 261 valence electrons. The molecule has 5 heteroatoms. The molecule has 8 rings (SSSR count). The quantitative estimate of drug-likeness (QED) is 0.123. The van der Waals surface area contributed by atoms with Crippen LogP contribution in [0.3, 0.4) is 0 Å². The van der Waals surface area contributed by atoms with Gasteiger partial charge in [-0.05, 0) is 63.5 Å². The van der Waals surface area contributed by atoms with Gasteiger partial charge in [0.15, 0.2) is 0 Å². The first-order valence-corrected chi connectivity index (χ1v) is 22.4. The van der Waals surface area contributed by atoms with Gasteiger partial charge in [-0.2, -0.15) is 11.3 Å². The Labute approximate surface area is 322 Å². The van der Waals surface area contributed by atoms with E-state index in [-0.39, 0.29) is 20.1 Å². The molecule has 0 aliphatic heterocycles. The molecule has 51 heavy (non-hydrogen) atoms.